The van der Waals surface area contributed by atoms with Gasteiger partial charge in [-0.15, -0.1) is 0 Å². The van der Waals surface area contributed by atoms with E-state index >= 15 is 0 Å². The molecular weight excluding hydrogens is 367 g/mol. The van der Waals surface area contributed by atoms with E-state index in [1.165, 1.54) is 31.2 Å². The quantitative estimate of drug-likeness (QED) is 0.756. The first-order valence-electron chi connectivity index (χ1n) is 8.04. The molecule has 0 aliphatic carbocycles. The van der Waals surface area contributed by atoms with Crippen molar-refractivity contribution in [1.29, 1.82) is 0 Å². The number of rotatable bonds is 6. The van der Waals surface area contributed by atoms with Crippen molar-refractivity contribution in [1.82, 2.24) is 9.97 Å². The molecule has 1 aromatic carbocycles. The van der Waals surface area contributed by atoms with Gasteiger partial charge in [-0.25, -0.2) is 18.4 Å². The van der Waals surface area contributed by atoms with Crippen LogP contribution in [-0.2, 0) is 16.0 Å². The Kier molecular flexibility index (Phi) is 5.90. The molecular formula is C17H20F3N3O2S. The molecule has 0 unspecified atom stereocenters. The zero-order chi connectivity index (χ0) is 19.5. The summed E-state index contributed by atoms with van der Waals surface area (Å²) in [6.45, 7) is 3.73. The molecule has 2 aromatic rings. The molecule has 5 nitrogen and oxygen atoms in total. The van der Waals surface area contributed by atoms with Crippen molar-refractivity contribution in [3.8, 4) is 11.3 Å². The average molecular weight is 387 g/mol. The maximum absolute atomic E-state index is 13.3. The van der Waals surface area contributed by atoms with E-state index in [1.54, 1.807) is 0 Å². The number of nitrogens with zero attached hydrogens (tertiary/aromatic N) is 2. The van der Waals surface area contributed by atoms with Crippen LogP contribution in [-0.4, -0.2) is 31.2 Å². The van der Waals surface area contributed by atoms with Gasteiger partial charge in [0.15, 0.2) is 15.5 Å². The maximum atomic E-state index is 13.3. The Bertz CT molecular complexity index is 879. The summed E-state index contributed by atoms with van der Waals surface area (Å²) in [4.78, 5) is 7.91. The summed E-state index contributed by atoms with van der Waals surface area (Å²) in [5.74, 6) is -0.0986. The van der Waals surface area contributed by atoms with E-state index in [4.69, 9.17) is 0 Å². The SMILES string of the molecule is CCCCNc1nc(-c2ccc(S(C)(=O)=O)cc2)c(C)c(C(F)(F)F)n1. The topological polar surface area (TPSA) is 72.0 Å². The fourth-order valence-electron chi connectivity index (χ4n) is 2.39. The summed E-state index contributed by atoms with van der Waals surface area (Å²) in [5, 5.41) is 2.81. The maximum Gasteiger partial charge on any atom is 0.433 e. The first-order chi connectivity index (χ1) is 12.0. The molecule has 0 saturated heterocycles. The summed E-state index contributed by atoms with van der Waals surface area (Å²) < 4.78 is 63.1. The molecule has 142 valence electrons. The number of aromatic nitrogens is 2. The second kappa shape index (κ2) is 7.61. The summed E-state index contributed by atoms with van der Waals surface area (Å²) in [6, 6.07) is 5.59. The predicted molar refractivity (Wildman–Crippen MR) is 93.7 cm³/mol. The van der Waals surface area contributed by atoms with Crippen molar-refractivity contribution >= 4 is 15.8 Å². The van der Waals surface area contributed by atoms with Gasteiger partial charge in [0, 0.05) is 23.9 Å². The van der Waals surface area contributed by atoms with E-state index in [0.29, 0.717) is 12.1 Å². The highest BCUT2D eigenvalue weighted by atomic mass is 32.2. The van der Waals surface area contributed by atoms with Crippen molar-refractivity contribution < 1.29 is 21.6 Å². The van der Waals surface area contributed by atoms with Gasteiger partial charge in [-0.1, -0.05) is 25.5 Å². The Hall–Kier alpha value is -2.16. The number of anilines is 1. The van der Waals surface area contributed by atoms with Crippen LogP contribution in [0.4, 0.5) is 19.1 Å². The Morgan fingerprint density at radius 1 is 1.12 bits per heavy atom. The average Bonchev–Trinajstić information content (AvgIpc) is 2.54. The highest BCUT2D eigenvalue weighted by Gasteiger charge is 2.36. The van der Waals surface area contributed by atoms with Gasteiger partial charge in [0.2, 0.25) is 5.95 Å². The highest BCUT2D eigenvalue weighted by molar-refractivity contribution is 7.90. The van der Waals surface area contributed by atoms with Gasteiger partial charge < -0.3 is 5.32 Å². The zero-order valence-corrected chi connectivity index (χ0v) is 15.5. The van der Waals surface area contributed by atoms with E-state index in [9.17, 15) is 21.6 Å². The summed E-state index contributed by atoms with van der Waals surface area (Å²) in [7, 11) is -3.39. The number of unbranched alkanes of at least 4 members (excludes halogenated alkanes) is 1. The van der Waals surface area contributed by atoms with Crippen LogP contribution in [0.25, 0.3) is 11.3 Å². The van der Waals surface area contributed by atoms with Crippen molar-refractivity contribution in [2.24, 2.45) is 0 Å². The van der Waals surface area contributed by atoms with Crippen molar-refractivity contribution in [2.45, 2.75) is 37.8 Å². The van der Waals surface area contributed by atoms with Crippen LogP contribution in [0.3, 0.4) is 0 Å². The van der Waals surface area contributed by atoms with E-state index in [1.807, 2.05) is 6.92 Å². The van der Waals surface area contributed by atoms with Gasteiger partial charge in [0.1, 0.15) is 0 Å². The lowest BCUT2D eigenvalue weighted by Gasteiger charge is -2.15. The molecule has 1 aromatic heterocycles. The predicted octanol–water partition coefficient (Wildman–Crippen LogP) is 4.09. The molecule has 0 spiro atoms. The number of hydrogen-bond acceptors (Lipinski definition) is 5. The van der Waals surface area contributed by atoms with E-state index in [2.05, 4.69) is 15.3 Å². The largest absolute Gasteiger partial charge is 0.433 e. The fourth-order valence-corrected chi connectivity index (χ4v) is 3.02. The molecule has 1 N–H and O–H groups in total. The second-order valence-electron chi connectivity index (χ2n) is 5.94. The number of hydrogen-bond donors (Lipinski definition) is 1. The Labute approximate surface area is 150 Å². The minimum Gasteiger partial charge on any atom is -0.354 e. The van der Waals surface area contributed by atoms with Gasteiger partial charge in [0.05, 0.1) is 10.6 Å². The monoisotopic (exact) mass is 387 g/mol. The molecule has 9 heteroatoms. The van der Waals surface area contributed by atoms with Crippen LogP contribution in [0.5, 0.6) is 0 Å². The minimum absolute atomic E-state index is 0.0882. The van der Waals surface area contributed by atoms with E-state index in [0.717, 1.165) is 19.1 Å². The molecule has 0 amide bonds. The van der Waals surface area contributed by atoms with Gasteiger partial charge in [0.25, 0.3) is 0 Å². The third-order valence-electron chi connectivity index (χ3n) is 3.78. The summed E-state index contributed by atoms with van der Waals surface area (Å²) in [6.07, 6.45) is -1.90. The van der Waals surface area contributed by atoms with Crippen molar-refractivity contribution in [2.75, 3.05) is 18.1 Å². The van der Waals surface area contributed by atoms with Crippen molar-refractivity contribution in [3.05, 3.63) is 35.5 Å². The number of alkyl halides is 3. The van der Waals surface area contributed by atoms with Gasteiger partial charge in [-0.05, 0) is 25.5 Å². The third-order valence-corrected chi connectivity index (χ3v) is 4.91. The van der Waals surface area contributed by atoms with Crippen LogP contribution in [0.2, 0.25) is 0 Å². The van der Waals surface area contributed by atoms with Crippen LogP contribution >= 0.6 is 0 Å². The van der Waals surface area contributed by atoms with Crippen LogP contribution < -0.4 is 5.32 Å². The molecule has 0 radical (unpaired) electrons. The standard InChI is InChI=1S/C17H20F3N3O2S/c1-4-5-10-21-16-22-14(11(2)15(23-16)17(18,19)20)12-6-8-13(9-7-12)26(3,24)25/h6-9H,4-5,10H2,1-3H3,(H,21,22,23). The molecule has 1 heterocycles. The number of benzene rings is 1. The lowest BCUT2D eigenvalue weighted by molar-refractivity contribution is -0.141. The van der Waals surface area contributed by atoms with E-state index < -0.39 is 21.7 Å². The molecule has 0 aliphatic rings. The van der Waals surface area contributed by atoms with E-state index in [-0.39, 0.29) is 22.1 Å². The van der Waals surface area contributed by atoms with Crippen LogP contribution in [0, 0.1) is 6.92 Å². The molecule has 0 saturated carbocycles. The zero-order valence-electron chi connectivity index (χ0n) is 14.7. The Morgan fingerprint density at radius 3 is 2.23 bits per heavy atom. The fraction of sp³-hybridized carbons (Fsp3) is 0.412. The molecule has 0 fully saturated rings. The lowest BCUT2D eigenvalue weighted by atomic mass is 10.1. The Morgan fingerprint density at radius 2 is 1.73 bits per heavy atom. The third kappa shape index (κ3) is 4.72. The molecule has 2 rings (SSSR count). The lowest BCUT2D eigenvalue weighted by Crippen LogP contribution is -2.16. The molecule has 26 heavy (non-hydrogen) atoms. The molecule has 0 bridgehead atoms. The Balaban J connectivity index is 2.53. The van der Waals surface area contributed by atoms with Crippen LogP contribution in [0.1, 0.15) is 31.0 Å². The van der Waals surface area contributed by atoms with Gasteiger partial charge >= 0.3 is 6.18 Å². The number of sulfone groups is 1. The molecule has 0 atom stereocenters. The van der Waals surface area contributed by atoms with Gasteiger partial charge in [-0.2, -0.15) is 13.2 Å². The smallest absolute Gasteiger partial charge is 0.354 e. The van der Waals surface area contributed by atoms with Crippen LogP contribution in [0.15, 0.2) is 29.2 Å². The van der Waals surface area contributed by atoms with Crippen molar-refractivity contribution in [3.63, 3.8) is 0 Å². The first-order valence-corrected chi connectivity index (χ1v) is 9.93. The summed E-state index contributed by atoms with van der Waals surface area (Å²) >= 11 is 0. The number of nitrogens with one attached hydrogen (secondary N) is 1. The number of halogens is 3. The minimum atomic E-state index is -4.62. The highest BCUT2D eigenvalue weighted by Crippen LogP contribution is 2.35. The normalized spacial score (nSPS) is 12.2. The first kappa shape index (κ1) is 20.2. The second-order valence-corrected chi connectivity index (χ2v) is 7.96. The summed E-state index contributed by atoms with van der Waals surface area (Å²) in [5.41, 5.74) is -0.605. The molecule has 0 aliphatic heterocycles. The van der Waals surface area contributed by atoms with Gasteiger partial charge in [-0.3, -0.25) is 0 Å².